The Morgan fingerprint density at radius 1 is 0.766 bits per heavy atom. The summed E-state index contributed by atoms with van der Waals surface area (Å²) in [5.74, 6) is -2.22. The molecule has 1 aromatic heterocycles. The lowest BCUT2D eigenvalue weighted by molar-refractivity contribution is -0.136. The molecule has 17 heteroatoms. The number of imide groups is 2. The number of nitrogens with zero attached hydrogens (tertiary/aromatic N) is 3. The maximum atomic E-state index is 14.0. The molecule has 5 aromatic rings. The summed E-state index contributed by atoms with van der Waals surface area (Å²) in [7, 11) is -0.786. The lowest BCUT2D eigenvalue weighted by Gasteiger charge is -2.27. The van der Waals surface area contributed by atoms with E-state index in [0.717, 1.165) is 11.3 Å². The molecule has 2 aliphatic rings. The van der Waals surface area contributed by atoms with Crippen LogP contribution in [-0.4, -0.2) is 76.9 Å². The predicted molar refractivity (Wildman–Crippen MR) is 233 cm³/mol. The topological polar surface area (TPSA) is 206 Å². The number of amides is 4. The fourth-order valence-corrected chi connectivity index (χ4v) is 9.24. The van der Waals surface area contributed by atoms with Crippen LogP contribution in [0.15, 0.2) is 88.6 Å². The number of Topliss-reactive ketones (excluding diaryl/α,β-unsaturated/α-hetero) is 2. The molecule has 1 saturated heterocycles. The highest BCUT2D eigenvalue weighted by atomic mass is 32.2. The van der Waals surface area contributed by atoms with Gasteiger partial charge in [-0.2, -0.15) is 0 Å². The van der Waals surface area contributed by atoms with Gasteiger partial charge in [0, 0.05) is 56.6 Å². The van der Waals surface area contributed by atoms with Gasteiger partial charge in [-0.3, -0.25) is 48.1 Å². The van der Waals surface area contributed by atoms with Crippen LogP contribution in [0.2, 0.25) is 0 Å². The molecule has 16 nitrogen and oxygen atoms in total. The smallest absolute Gasteiger partial charge is 0.328 e. The molecular formula is C47H48N4O12S. The Kier molecular flexibility index (Phi) is 13.6. The van der Waals surface area contributed by atoms with Crippen molar-refractivity contribution in [1.29, 1.82) is 0 Å². The second kappa shape index (κ2) is 19.2. The number of hydrogen-bond donors (Lipinski definition) is 1. The van der Waals surface area contributed by atoms with Crippen molar-refractivity contribution in [2.75, 3.05) is 13.2 Å². The summed E-state index contributed by atoms with van der Waals surface area (Å²) < 4.78 is 48.6. The Labute approximate surface area is 369 Å². The average molecular weight is 893 g/mol. The zero-order chi connectivity index (χ0) is 45.7. The molecule has 4 aromatic carbocycles. The molecule has 1 N–H and O–H groups in total. The summed E-state index contributed by atoms with van der Waals surface area (Å²) in [6.07, 6.45) is 3.47. The molecule has 2 aliphatic heterocycles. The van der Waals surface area contributed by atoms with Gasteiger partial charge in [0.05, 0.1) is 39.4 Å². The van der Waals surface area contributed by atoms with Crippen molar-refractivity contribution < 1.29 is 51.4 Å². The first-order chi connectivity index (χ1) is 30.7. The van der Waals surface area contributed by atoms with Gasteiger partial charge in [0.1, 0.15) is 35.6 Å². The quantitative estimate of drug-likeness (QED) is 0.0542. The number of ketones is 2. The Morgan fingerprint density at radius 3 is 2.22 bits per heavy atom. The van der Waals surface area contributed by atoms with Crippen molar-refractivity contribution in [3.8, 4) is 23.0 Å². The minimum Gasteiger partial charge on any atom is -0.493 e. The number of carbonyl (C=O) groups is 6. The number of nitrogens with one attached hydrogen (secondary N) is 1. The fraction of sp³-hybridized carbons (Fsp3) is 0.340. The monoisotopic (exact) mass is 892 g/mol. The van der Waals surface area contributed by atoms with Gasteiger partial charge in [-0.25, -0.2) is 13.2 Å². The molecule has 1 unspecified atom stereocenters. The summed E-state index contributed by atoms with van der Waals surface area (Å²) in [6, 6.07) is 19.5. The SMILES string of the molecule is CCCOc1cccc(Oc2cc3c(cc2CS(=O)(=O)c2cccc(C(=O)CCCCCCC(=O)COc4cccc5c4C(=O)N(C4CCC(=O)NC4=O)C5=O)c2)n(C)c(=O)n3C)c1. The minimum absolute atomic E-state index is 0.00974. The number of aromatic nitrogens is 2. The lowest BCUT2D eigenvalue weighted by Crippen LogP contribution is -2.54. The summed E-state index contributed by atoms with van der Waals surface area (Å²) in [4.78, 5) is 90.0. The molecule has 7 rings (SSSR count). The molecule has 334 valence electrons. The van der Waals surface area contributed by atoms with Crippen molar-refractivity contribution in [3.63, 3.8) is 0 Å². The van der Waals surface area contributed by atoms with Gasteiger partial charge < -0.3 is 14.2 Å². The first-order valence-corrected chi connectivity index (χ1v) is 22.8. The zero-order valence-electron chi connectivity index (χ0n) is 35.7. The highest BCUT2D eigenvalue weighted by Crippen LogP contribution is 2.35. The number of ether oxygens (including phenoxy) is 3. The number of fused-ring (bicyclic) bond motifs is 2. The number of piperidine rings is 1. The molecule has 1 atom stereocenters. The van der Waals surface area contributed by atoms with Crippen LogP contribution < -0.4 is 25.2 Å². The first kappa shape index (κ1) is 45.2. The van der Waals surface area contributed by atoms with Crippen LogP contribution in [0.3, 0.4) is 0 Å². The van der Waals surface area contributed by atoms with Crippen LogP contribution in [-0.2, 0) is 44.1 Å². The van der Waals surface area contributed by atoms with Crippen molar-refractivity contribution in [2.24, 2.45) is 14.1 Å². The van der Waals surface area contributed by atoms with Gasteiger partial charge >= 0.3 is 5.69 Å². The van der Waals surface area contributed by atoms with Gasteiger partial charge in [-0.1, -0.05) is 44.0 Å². The summed E-state index contributed by atoms with van der Waals surface area (Å²) in [5.41, 5.74) is 1.39. The van der Waals surface area contributed by atoms with Gasteiger partial charge in [0.2, 0.25) is 11.8 Å². The average Bonchev–Trinajstić information content (AvgIpc) is 3.65. The molecule has 0 spiro atoms. The van der Waals surface area contributed by atoms with Crippen LogP contribution in [0, 0.1) is 0 Å². The van der Waals surface area contributed by atoms with E-state index in [1.165, 1.54) is 45.5 Å². The third kappa shape index (κ3) is 9.68. The van der Waals surface area contributed by atoms with E-state index in [9.17, 15) is 42.0 Å². The lowest BCUT2D eigenvalue weighted by atomic mass is 10.0. The molecule has 4 amide bonds. The normalized spacial score (nSPS) is 15.0. The maximum absolute atomic E-state index is 14.0. The van der Waals surface area contributed by atoms with Gasteiger partial charge in [-0.15, -0.1) is 0 Å². The fourth-order valence-electron chi connectivity index (χ4n) is 7.84. The van der Waals surface area contributed by atoms with Gasteiger partial charge in [0.25, 0.3) is 11.8 Å². The molecule has 0 bridgehead atoms. The number of imidazole rings is 1. The van der Waals surface area contributed by atoms with Gasteiger partial charge in [-0.05, 0) is 68.1 Å². The van der Waals surface area contributed by atoms with Crippen LogP contribution in [0.25, 0.3) is 11.0 Å². The molecule has 3 heterocycles. The van der Waals surface area contributed by atoms with Crippen LogP contribution in [0.1, 0.15) is 101 Å². The number of unbranched alkanes of at least 4 members (excludes halogenated alkanes) is 3. The van der Waals surface area contributed by atoms with E-state index in [-0.39, 0.29) is 82.6 Å². The van der Waals surface area contributed by atoms with Crippen LogP contribution in [0.4, 0.5) is 0 Å². The maximum Gasteiger partial charge on any atom is 0.328 e. The Bertz CT molecular complexity index is 2860. The van der Waals surface area contributed by atoms with Crippen molar-refractivity contribution in [2.45, 2.75) is 81.4 Å². The molecule has 0 aliphatic carbocycles. The number of hydrogen-bond acceptors (Lipinski definition) is 12. The molecule has 0 radical (unpaired) electrons. The van der Waals surface area contributed by atoms with E-state index < -0.39 is 45.3 Å². The number of rotatable bonds is 20. The van der Waals surface area contributed by atoms with Gasteiger partial charge in [0.15, 0.2) is 21.4 Å². The summed E-state index contributed by atoms with van der Waals surface area (Å²) >= 11 is 0. The number of aryl methyl sites for hydroxylation is 2. The standard InChI is InChI=1S/C47H48N4O12S/c1-4-22-61-32-14-10-15-33(25-32)63-41-26-38-37(49(2)47(58)50(38)3)24-30(41)28-64(59,60)34-16-9-12-29(23-34)39(53)18-8-6-5-7-13-31(52)27-62-40-19-11-17-35-43(40)46(57)51(45(35)56)36-20-21-42(54)48-44(36)55/h9-12,14-17,19,23-26,36H,4-8,13,18,20-22,27-28H2,1-3H3,(H,48,54,55). The third-order valence-corrected chi connectivity index (χ3v) is 12.9. The molecule has 1 fully saturated rings. The van der Waals surface area contributed by atoms with E-state index in [1.807, 2.05) is 6.92 Å². The van der Waals surface area contributed by atoms with Crippen LogP contribution >= 0.6 is 0 Å². The third-order valence-electron chi connectivity index (χ3n) is 11.2. The van der Waals surface area contributed by atoms with E-state index in [2.05, 4.69) is 5.32 Å². The molecule has 64 heavy (non-hydrogen) atoms. The second-order valence-corrected chi connectivity index (χ2v) is 17.8. The largest absolute Gasteiger partial charge is 0.493 e. The van der Waals surface area contributed by atoms with Crippen LogP contribution in [0.5, 0.6) is 23.0 Å². The van der Waals surface area contributed by atoms with E-state index in [1.54, 1.807) is 56.6 Å². The highest BCUT2D eigenvalue weighted by Gasteiger charge is 2.46. The van der Waals surface area contributed by atoms with E-state index in [4.69, 9.17) is 14.2 Å². The summed E-state index contributed by atoms with van der Waals surface area (Å²) in [6.45, 7) is 2.17. The first-order valence-electron chi connectivity index (χ1n) is 21.1. The Morgan fingerprint density at radius 2 is 1.47 bits per heavy atom. The number of carbonyl (C=O) groups excluding carboxylic acids is 6. The Balaban J connectivity index is 0.914. The number of sulfone groups is 1. The van der Waals surface area contributed by atoms with E-state index in [0.29, 0.717) is 60.4 Å². The second-order valence-electron chi connectivity index (χ2n) is 15.9. The van der Waals surface area contributed by atoms with E-state index >= 15 is 0 Å². The van der Waals surface area contributed by atoms with Crippen molar-refractivity contribution in [3.05, 3.63) is 112 Å². The number of benzene rings is 4. The summed E-state index contributed by atoms with van der Waals surface area (Å²) in [5, 5.41) is 2.16. The minimum atomic E-state index is -4.02. The zero-order valence-corrected chi connectivity index (χ0v) is 36.5. The predicted octanol–water partition coefficient (Wildman–Crippen LogP) is 6.00. The Hall–Kier alpha value is -6.88. The highest BCUT2D eigenvalue weighted by molar-refractivity contribution is 7.90. The molecular weight excluding hydrogens is 845 g/mol. The molecule has 0 saturated carbocycles. The van der Waals surface area contributed by atoms with Crippen molar-refractivity contribution >= 4 is 56.1 Å². The van der Waals surface area contributed by atoms with Crippen molar-refractivity contribution in [1.82, 2.24) is 19.4 Å².